The highest BCUT2D eigenvalue weighted by atomic mass is 32.2. The molecular formula is C15H25NO3S. The number of nitrogens with one attached hydrogen (secondary N) is 1. The van der Waals surface area contributed by atoms with Gasteiger partial charge in [0.1, 0.15) is 0 Å². The average molecular weight is 299 g/mol. The summed E-state index contributed by atoms with van der Waals surface area (Å²) in [6.07, 6.45) is -0.611. The van der Waals surface area contributed by atoms with E-state index in [-0.39, 0.29) is 11.5 Å². The van der Waals surface area contributed by atoms with Gasteiger partial charge < -0.3 is 10.4 Å². The molecule has 1 unspecified atom stereocenters. The molecule has 0 heterocycles. The first-order valence-corrected chi connectivity index (χ1v) is 8.87. The summed E-state index contributed by atoms with van der Waals surface area (Å²) in [5.74, 6) is 0.745. The molecule has 4 nitrogen and oxygen atoms in total. The Bertz CT molecular complexity index is 494. The number of benzene rings is 1. The minimum absolute atomic E-state index is 0.114. The summed E-state index contributed by atoms with van der Waals surface area (Å²) < 4.78 is 22.6. The maximum absolute atomic E-state index is 11.3. The SMILES string of the molecule is CCS(=O)(=O)CCNCC(O)c1ccc(C(C)C)cc1. The molecule has 0 aliphatic carbocycles. The molecule has 1 atom stereocenters. The Morgan fingerprint density at radius 3 is 2.20 bits per heavy atom. The predicted octanol–water partition coefficient (Wildman–Crippen LogP) is 1.87. The van der Waals surface area contributed by atoms with Crippen LogP contribution in [0.15, 0.2) is 24.3 Å². The van der Waals surface area contributed by atoms with E-state index in [1.165, 1.54) is 5.56 Å². The first-order chi connectivity index (χ1) is 9.35. The number of sulfone groups is 1. The minimum Gasteiger partial charge on any atom is -0.387 e. The van der Waals surface area contributed by atoms with Gasteiger partial charge in [0.2, 0.25) is 0 Å². The van der Waals surface area contributed by atoms with Crippen molar-refractivity contribution in [2.75, 3.05) is 24.6 Å². The zero-order valence-electron chi connectivity index (χ0n) is 12.5. The molecule has 0 aliphatic heterocycles. The van der Waals surface area contributed by atoms with Crippen LogP contribution in [0.2, 0.25) is 0 Å². The van der Waals surface area contributed by atoms with Crippen molar-refractivity contribution in [3.8, 4) is 0 Å². The highest BCUT2D eigenvalue weighted by molar-refractivity contribution is 7.91. The van der Waals surface area contributed by atoms with Crippen LogP contribution in [-0.2, 0) is 9.84 Å². The van der Waals surface area contributed by atoms with Gasteiger partial charge in [-0.15, -0.1) is 0 Å². The lowest BCUT2D eigenvalue weighted by molar-refractivity contribution is 0.175. The summed E-state index contributed by atoms with van der Waals surface area (Å²) >= 11 is 0. The van der Waals surface area contributed by atoms with Crippen molar-refractivity contribution in [1.29, 1.82) is 0 Å². The summed E-state index contributed by atoms with van der Waals surface area (Å²) in [6.45, 7) is 6.63. The molecule has 0 spiro atoms. The molecule has 1 aromatic rings. The van der Waals surface area contributed by atoms with E-state index < -0.39 is 15.9 Å². The second-order valence-electron chi connectivity index (χ2n) is 5.28. The van der Waals surface area contributed by atoms with E-state index in [4.69, 9.17) is 0 Å². The molecule has 0 radical (unpaired) electrons. The van der Waals surface area contributed by atoms with Crippen molar-refractivity contribution in [3.63, 3.8) is 0 Å². The lowest BCUT2D eigenvalue weighted by Crippen LogP contribution is -2.27. The number of rotatable bonds is 8. The Kier molecular flexibility index (Phi) is 6.65. The third kappa shape index (κ3) is 5.61. The summed E-state index contributed by atoms with van der Waals surface area (Å²) in [5, 5.41) is 13.0. The van der Waals surface area contributed by atoms with Gasteiger partial charge in [-0.05, 0) is 17.0 Å². The first-order valence-electron chi connectivity index (χ1n) is 7.04. The zero-order valence-corrected chi connectivity index (χ0v) is 13.3. The third-order valence-corrected chi connectivity index (χ3v) is 5.06. The number of aliphatic hydroxyl groups excluding tert-OH is 1. The van der Waals surface area contributed by atoms with Crippen LogP contribution in [0.5, 0.6) is 0 Å². The van der Waals surface area contributed by atoms with Crippen LogP contribution in [0.25, 0.3) is 0 Å². The molecule has 0 fully saturated rings. The normalized spacial score (nSPS) is 13.7. The Balaban J connectivity index is 2.41. The van der Waals surface area contributed by atoms with Gasteiger partial charge in [0.25, 0.3) is 0 Å². The lowest BCUT2D eigenvalue weighted by atomic mass is 10.00. The van der Waals surface area contributed by atoms with Crippen molar-refractivity contribution in [1.82, 2.24) is 5.32 Å². The fraction of sp³-hybridized carbons (Fsp3) is 0.600. The Morgan fingerprint density at radius 2 is 1.70 bits per heavy atom. The molecule has 20 heavy (non-hydrogen) atoms. The van der Waals surface area contributed by atoms with Crippen molar-refractivity contribution in [2.45, 2.75) is 32.8 Å². The molecule has 5 heteroatoms. The molecule has 1 rings (SSSR count). The molecule has 0 amide bonds. The summed E-state index contributed by atoms with van der Waals surface area (Å²) in [4.78, 5) is 0. The second kappa shape index (κ2) is 7.76. The van der Waals surface area contributed by atoms with E-state index in [1.807, 2.05) is 24.3 Å². The van der Waals surface area contributed by atoms with Gasteiger partial charge >= 0.3 is 0 Å². The average Bonchev–Trinajstić information content (AvgIpc) is 2.43. The smallest absolute Gasteiger partial charge is 0.151 e. The van der Waals surface area contributed by atoms with E-state index in [0.29, 0.717) is 19.0 Å². The second-order valence-corrected chi connectivity index (χ2v) is 7.75. The van der Waals surface area contributed by atoms with Gasteiger partial charge in [-0.1, -0.05) is 45.0 Å². The van der Waals surface area contributed by atoms with E-state index in [9.17, 15) is 13.5 Å². The van der Waals surface area contributed by atoms with Crippen molar-refractivity contribution in [2.24, 2.45) is 0 Å². The Labute approximate surface area is 122 Å². The van der Waals surface area contributed by atoms with Crippen molar-refractivity contribution >= 4 is 9.84 Å². The monoisotopic (exact) mass is 299 g/mol. The van der Waals surface area contributed by atoms with Crippen LogP contribution >= 0.6 is 0 Å². The quantitative estimate of drug-likeness (QED) is 0.719. The van der Waals surface area contributed by atoms with E-state index in [2.05, 4.69) is 19.2 Å². The van der Waals surface area contributed by atoms with Crippen molar-refractivity contribution < 1.29 is 13.5 Å². The van der Waals surface area contributed by atoms with Crippen molar-refractivity contribution in [3.05, 3.63) is 35.4 Å². The number of hydrogen-bond donors (Lipinski definition) is 2. The van der Waals surface area contributed by atoms with Crippen LogP contribution in [-0.4, -0.2) is 38.1 Å². The van der Waals surface area contributed by atoms with Crippen LogP contribution in [0.4, 0.5) is 0 Å². The van der Waals surface area contributed by atoms with E-state index in [1.54, 1.807) is 6.92 Å². The van der Waals surface area contributed by atoms with Crippen LogP contribution in [0.1, 0.15) is 43.9 Å². The summed E-state index contributed by atoms with van der Waals surface area (Å²) in [6, 6.07) is 7.88. The standard InChI is InChI=1S/C15H25NO3S/c1-4-20(18,19)10-9-16-11-15(17)14-7-5-13(6-8-14)12(2)3/h5-8,12,15-17H,4,9-11H2,1-3H3. The predicted molar refractivity (Wildman–Crippen MR) is 82.7 cm³/mol. The Morgan fingerprint density at radius 1 is 1.15 bits per heavy atom. The highest BCUT2D eigenvalue weighted by Gasteiger charge is 2.10. The molecule has 114 valence electrons. The maximum atomic E-state index is 11.3. The third-order valence-electron chi connectivity index (χ3n) is 3.36. The fourth-order valence-electron chi connectivity index (χ4n) is 1.83. The molecule has 0 bridgehead atoms. The minimum atomic E-state index is -2.94. The van der Waals surface area contributed by atoms with Gasteiger partial charge in [0, 0.05) is 18.8 Å². The fourth-order valence-corrected chi connectivity index (χ4v) is 2.58. The molecule has 0 aromatic heterocycles. The van der Waals surface area contributed by atoms with E-state index in [0.717, 1.165) is 5.56 Å². The summed E-state index contributed by atoms with van der Waals surface area (Å²) in [5.41, 5.74) is 2.09. The van der Waals surface area contributed by atoms with Crippen LogP contribution in [0, 0.1) is 0 Å². The molecular weight excluding hydrogens is 274 g/mol. The largest absolute Gasteiger partial charge is 0.387 e. The van der Waals surface area contributed by atoms with Gasteiger partial charge in [-0.25, -0.2) is 8.42 Å². The van der Waals surface area contributed by atoms with Gasteiger partial charge in [0.05, 0.1) is 11.9 Å². The van der Waals surface area contributed by atoms with Gasteiger partial charge in [0.15, 0.2) is 9.84 Å². The maximum Gasteiger partial charge on any atom is 0.151 e. The number of hydrogen-bond acceptors (Lipinski definition) is 4. The molecule has 2 N–H and O–H groups in total. The number of aliphatic hydroxyl groups is 1. The topological polar surface area (TPSA) is 66.4 Å². The lowest BCUT2D eigenvalue weighted by Gasteiger charge is -2.13. The Hall–Kier alpha value is -0.910. The summed E-state index contributed by atoms with van der Waals surface area (Å²) in [7, 11) is -2.94. The molecule has 0 saturated carbocycles. The molecule has 0 aliphatic rings. The molecule has 0 saturated heterocycles. The first kappa shape index (κ1) is 17.1. The zero-order chi connectivity index (χ0) is 15.2. The molecule has 1 aromatic carbocycles. The van der Waals surface area contributed by atoms with Crippen LogP contribution < -0.4 is 5.32 Å². The van der Waals surface area contributed by atoms with Crippen LogP contribution in [0.3, 0.4) is 0 Å². The van der Waals surface area contributed by atoms with E-state index >= 15 is 0 Å². The van der Waals surface area contributed by atoms with Gasteiger partial charge in [-0.2, -0.15) is 0 Å². The highest BCUT2D eigenvalue weighted by Crippen LogP contribution is 2.18. The van der Waals surface area contributed by atoms with Gasteiger partial charge in [-0.3, -0.25) is 0 Å².